The Morgan fingerprint density at radius 2 is 1.93 bits per heavy atom. The zero-order valence-corrected chi connectivity index (χ0v) is 16.8. The molecule has 0 saturated heterocycles. The van der Waals surface area contributed by atoms with Crippen molar-refractivity contribution in [2.75, 3.05) is 0 Å². The number of nitrogens with zero attached hydrogens (tertiary/aromatic N) is 1. The van der Waals surface area contributed by atoms with Gasteiger partial charge in [0, 0.05) is 5.41 Å². The molecule has 2 fully saturated rings. The number of aromatic hydroxyl groups is 1. The Morgan fingerprint density at radius 1 is 1.14 bits per heavy atom. The van der Waals surface area contributed by atoms with Crippen LogP contribution in [0.2, 0.25) is 0 Å². The molecule has 0 aliphatic heterocycles. The Labute approximate surface area is 172 Å². The van der Waals surface area contributed by atoms with E-state index in [9.17, 15) is 10.2 Å². The molecule has 3 aliphatic carbocycles. The fourth-order valence-corrected chi connectivity index (χ4v) is 6.44. The third-order valence-electron chi connectivity index (χ3n) is 7.97. The summed E-state index contributed by atoms with van der Waals surface area (Å²) >= 11 is 0. The number of phenolic OH excluding ortho intramolecular Hbond substituents is 1. The molecule has 2 N–H and O–H groups in total. The summed E-state index contributed by atoms with van der Waals surface area (Å²) in [7, 11) is 0. The van der Waals surface area contributed by atoms with E-state index < -0.39 is 6.10 Å². The van der Waals surface area contributed by atoms with Crippen LogP contribution in [-0.2, 0) is 6.42 Å². The molecule has 0 bridgehead atoms. The topological polar surface area (TPSA) is 64.2 Å². The lowest BCUT2D eigenvalue weighted by Gasteiger charge is -2.49. The van der Waals surface area contributed by atoms with E-state index in [1.165, 1.54) is 11.1 Å². The number of aryl methyl sites for hydroxylation is 1. The first-order valence-electron chi connectivity index (χ1n) is 10.7. The summed E-state index contributed by atoms with van der Waals surface area (Å²) in [5.74, 6) is 1.99. The fourth-order valence-electron chi connectivity index (χ4n) is 6.44. The molecule has 0 heterocycles. The summed E-state index contributed by atoms with van der Waals surface area (Å²) in [5.41, 5.74) is 5.52. The minimum Gasteiger partial charge on any atom is -0.508 e. The maximum atomic E-state index is 11.3. The molecule has 2 saturated carbocycles. The summed E-state index contributed by atoms with van der Waals surface area (Å²) in [6.45, 7) is 2.28. The summed E-state index contributed by atoms with van der Waals surface area (Å²) < 4.78 is 0. The number of nitriles is 1. The summed E-state index contributed by atoms with van der Waals surface area (Å²) in [6, 6.07) is 15.7. The van der Waals surface area contributed by atoms with Crippen molar-refractivity contribution >= 4 is 6.08 Å². The predicted octanol–water partition coefficient (Wildman–Crippen LogP) is 5.17. The van der Waals surface area contributed by atoms with Crippen LogP contribution >= 0.6 is 0 Å². The number of rotatable bonds is 1. The van der Waals surface area contributed by atoms with Gasteiger partial charge in [-0.3, -0.25) is 0 Å². The molecule has 0 radical (unpaired) electrons. The minimum atomic E-state index is -0.398. The molecule has 5 rings (SSSR count). The van der Waals surface area contributed by atoms with Gasteiger partial charge < -0.3 is 10.2 Å². The van der Waals surface area contributed by atoms with E-state index in [2.05, 4.69) is 25.1 Å². The van der Waals surface area contributed by atoms with Crippen LogP contribution in [0.4, 0.5) is 0 Å². The van der Waals surface area contributed by atoms with E-state index in [-0.39, 0.29) is 5.41 Å². The zero-order chi connectivity index (χ0) is 20.2. The van der Waals surface area contributed by atoms with Crippen molar-refractivity contribution in [3.8, 4) is 11.8 Å². The van der Waals surface area contributed by atoms with Crippen LogP contribution in [0.1, 0.15) is 60.8 Å². The highest BCUT2D eigenvalue weighted by molar-refractivity contribution is 5.57. The fraction of sp³-hybridized carbons (Fsp3) is 0.423. The van der Waals surface area contributed by atoms with Crippen LogP contribution in [-0.4, -0.2) is 16.3 Å². The van der Waals surface area contributed by atoms with Crippen LogP contribution in [0, 0.1) is 28.6 Å². The number of hydrogen-bond donors (Lipinski definition) is 2. The second-order valence-corrected chi connectivity index (χ2v) is 9.40. The highest BCUT2D eigenvalue weighted by atomic mass is 16.3. The Kier molecular flexibility index (Phi) is 4.29. The van der Waals surface area contributed by atoms with Gasteiger partial charge in [0.1, 0.15) is 5.75 Å². The highest BCUT2D eigenvalue weighted by Gasteiger charge is 2.56. The summed E-state index contributed by atoms with van der Waals surface area (Å²) in [6.07, 6.45) is 6.98. The number of phenols is 1. The Morgan fingerprint density at radius 3 is 2.69 bits per heavy atom. The first-order valence-corrected chi connectivity index (χ1v) is 10.7. The quantitative estimate of drug-likeness (QED) is 0.711. The molecule has 5 atom stereocenters. The lowest BCUT2D eigenvalue weighted by atomic mass is 9.55. The van der Waals surface area contributed by atoms with E-state index in [1.54, 1.807) is 0 Å². The molecule has 3 unspecified atom stereocenters. The van der Waals surface area contributed by atoms with Crippen LogP contribution in [0.15, 0.2) is 48.0 Å². The van der Waals surface area contributed by atoms with Crippen LogP contribution in [0.3, 0.4) is 0 Å². The van der Waals surface area contributed by atoms with Crippen molar-refractivity contribution < 1.29 is 10.2 Å². The van der Waals surface area contributed by atoms with E-state index in [0.717, 1.165) is 43.2 Å². The van der Waals surface area contributed by atoms with Gasteiger partial charge in [0.25, 0.3) is 0 Å². The van der Waals surface area contributed by atoms with E-state index in [1.807, 2.05) is 36.4 Å². The Bertz CT molecular complexity index is 1020. The van der Waals surface area contributed by atoms with Crippen molar-refractivity contribution in [2.24, 2.45) is 17.3 Å². The van der Waals surface area contributed by atoms with Gasteiger partial charge in [-0.2, -0.15) is 5.26 Å². The molecule has 3 aliphatic rings. The van der Waals surface area contributed by atoms with Gasteiger partial charge in [-0.25, -0.2) is 0 Å². The molecule has 2 aromatic carbocycles. The molecular formula is C26H27NO2. The first-order chi connectivity index (χ1) is 14.0. The largest absolute Gasteiger partial charge is 0.508 e. The molecule has 3 nitrogen and oxygen atoms in total. The van der Waals surface area contributed by atoms with Gasteiger partial charge in [-0.15, -0.1) is 0 Å². The molecule has 2 aromatic rings. The van der Waals surface area contributed by atoms with Gasteiger partial charge in [0.15, 0.2) is 0 Å². The van der Waals surface area contributed by atoms with Crippen molar-refractivity contribution in [2.45, 2.75) is 51.0 Å². The number of fused-ring (bicyclic) bond motifs is 5. The second-order valence-electron chi connectivity index (χ2n) is 9.40. The van der Waals surface area contributed by atoms with Gasteiger partial charge in [-0.05, 0) is 96.4 Å². The summed E-state index contributed by atoms with van der Waals surface area (Å²) in [4.78, 5) is 0. The van der Waals surface area contributed by atoms with Crippen LogP contribution < -0.4 is 0 Å². The van der Waals surface area contributed by atoms with Gasteiger partial charge in [0.2, 0.25) is 0 Å². The van der Waals surface area contributed by atoms with Crippen molar-refractivity contribution in [1.82, 2.24) is 0 Å². The van der Waals surface area contributed by atoms with E-state index in [4.69, 9.17) is 5.26 Å². The predicted molar refractivity (Wildman–Crippen MR) is 113 cm³/mol. The number of aliphatic hydroxyl groups excluding tert-OH is 1. The monoisotopic (exact) mass is 385 g/mol. The van der Waals surface area contributed by atoms with Crippen LogP contribution in [0.25, 0.3) is 6.08 Å². The van der Waals surface area contributed by atoms with Crippen molar-refractivity contribution in [3.63, 3.8) is 0 Å². The standard InChI is InChI=1S/C26H27NO2/c1-26-11-10-22-21-9-7-20(28)13-18(21)6-8-23(22)24(26)14-19(25(26)29)12-16-2-4-17(15-27)5-3-16/h2-5,7,9,12-13,22-25,28-29H,6,8,10-11,14H2,1H3/t22?,23?,24?,25-,26-/m0/s1. The number of aliphatic hydroxyl groups is 1. The second kappa shape index (κ2) is 6.75. The third-order valence-corrected chi connectivity index (χ3v) is 7.97. The van der Waals surface area contributed by atoms with Crippen molar-refractivity contribution in [1.29, 1.82) is 5.26 Å². The Balaban J connectivity index is 1.46. The molecule has 148 valence electrons. The molecule has 0 aromatic heterocycles. The zero-order valence-electron chi connectivity index (χ0n) is 16.8. The SMILES string of the molecule is C[C@]12CCC3c4ccc(O)cc4CCC3C1CC(=Cc1ccc(C#N)cc1)[C@@H]2O. The lowest BCUT2D eigenvalue weighted by Crippen LogP contribution is -2.44. The molecule has 29 heavy (non-hydrogen) atoms. The normalized spacial score (nSPS) is 34.2. The van der Waals surface area contributed by atoms with Crippen LogP contribution in [0.5, 0.6) is 5.75 Å². The molecule has 3 heteroatoms. The lowest BCUT2D eigenvalue weighted by molar-refractivity contribution is -0.0158. The average molecular weight is 386 g/mol. The van der Waals surface area contributed by atoms with Crippen molar-refractivity contribution in [3.05, 3.63) is 70.3 Å². The van der Waals surface area contributed by atoms with E-state index >= 15 is 0 Å². The molecular weight excluding hydrogens is 358 g/mol. The number of hydrogen-bond acceptors (Lipinski definition) is 3. The van der Waals surface area contributed by atoms with Gasteiger partial charge in [-0.1, -0.05) is 31.2 Å². The van der Waals surface area contributed by atoms with E-state index in [0.29, 0.717) is 29.1 Å². The minimum absolute atomic E-state index is 0.0615. The van der Waals surface area contributed by atoms with Gasteiger partial charge >= 0.3 is 0 Å². The maximum Gasteiger partial charge on any atom is 0.115 e. The smallest absolute Gasteiger partial charge is 0.115 e. The average Bonchev–Trinajstić information content (AvgIpc) is 2.99. The summed E-state index contributed by atoms with van der Waals surface area (Å²) in [5, 5.41) is 30.1. The maximum absolute atomic E-state index is 11.3. The first kappa shape index (κ1) is 18.5. The number of benzene rings is 2. The van der Waals surface area contributed by atoms with Gasteiger partial charge in [0.05, 0.1) is 17.7 Å². The molecule has 0 spiro atoms. The third kappa shape index (κ3) is 2.90. The molecule has 0 amide bonds. The Hall–Kier alpha value is -2.57. The highest BCUT2D eigenvalue weighted by Crippen LogP contribution is 2.62.